The maximum Gasteiger partial charge on any atom is 0.236 e. The van der Waals surface area contributed by atoms with Crippen LogP contribution in [0.3, 0.4) is 0 Å². The van der Waals surface area contributed by atoms with Crippen molar-refractivity contribution in [2.24, 2.45) is 5.73 Å². The smallest absolute Gasteiger partial charge is 0.236 e. The van der Waals surface area contributed by atoms with Gasteiger partial charge in [-0.15, -0.1) is 0 Å². The molecule has 102 valence electrons. The Morgan fingerprint density at radius 3 is 2.74 bits per heavy atom. The van der Waals surface area contributed by atoms with Gasteiger partial charge >= 0.3 is 0 Å². The van der Waals surface area contributed by atoms with E-state index in [9.17, 15) is 4.79 Å². The lowest BCUT2D eigenvalue weighted by molar-refractivity contribution is -0.120. The van der Waals surface area contributed by atoms with E-state index in [0.29, 0.717) is 6.54 Å². The number of hydrogen-bond acceptors (Lipinski definition) is 3. The fraction of sp³-hybridized carbons (Fsp3) is 0.429. The van der Waals surface area contributed by atoms with Crippen molar-refractivity contribution in [2.45, 2.75) is 39.4 Å². The summed E-state index contributed by atoms with van der Waals surface area (Å²) in [5.41, 5.74) is 7.42. The lowest BCUT2D eigenvalue weighted by Crippen LogP contribution is -2.47. The molecule has 1 heterocycles. The van der Waals surface area contributed by atoms with Crippen molar-refractivity contribution in [1.82, 2.24) is 14.9 Å². The summed E-state index contributed by atoms with van der Waals surface area (Å²) in [6, 6.07) is 7.70. The number of carbonyl (C=O) groups excluding carboxylic acids is 1. The first-order chi connectivity index (χ1) is 8.99. The fourth-order valence-corrected chi connectivity index (χ4v) is 2.24. The third-order valence-corrected chi connectivity index (χ3v) is 3.09. The van der Waals surface area contributed by atoms with Gasteiger partial charge in [0.15, 0.2) is 0 Å². The fourth-order valence-electron chi connectivity index (χ4n) is 2.24. The summed E-state index contributed by atoms with van der Waals surface area (Å²) in [5.74, 6) is 0.545. The van der Waals surface area contributed by atoms with Gasteiger partial charge in [-0.3, -0.25) is 4.79 Å². The Bertz CT molecular complexity index is 588. The van der Waals surface area contributed by atoms with E-state index < -0.39 is 6.04 Å². The second kappa shape index (κ2) is 5.40. The number of nitrogens with one attached hydrogen (secondary N) is 1. The van der Waals surface area contributed by atoms with Gasteiger partial charge in [0, 0.05) is 12.6 Å². The molecule has 0 aliphatic rings. The molecule has 1 unspecified atom stereocenters. The van der Waals surface area contributed by atoms with E-state index in [2.05, 4.69) is 10.3 Å². The van der Waals surface area contributed by atoms with Crippen molar-refractivity contribution in [3.63, 3.8) is 0 Å². The van der Waals surface area contributed by atoms with Gasteiger partial charge in [-0.25, -0.2) is 4.98 Å². The Balaban J connectivity index is 2.33. The number of nitrogens with zero attached hydrogens (tertiary/aromatic N) is 2. The number of hydrogen-bond donors (Lipinski definition) is 2. The number of para-hydroxylation sites is 2. The Hall–Kier alpha value is -1.88. The van der Waals surface area contributed by atoms with E-state index >= 15 is 0 Å². The highest BCUT2D eigenvalue weighted by Gasteiger charge is 2.19. The molecule has 2 aromatic rings. The molecule has 1 amide bonds. The molecule has 1 atom stereocenters. The molecule has 0 radical (unpaired) electrons. The van der Waals surface area contributed by atoms with Crippen LogP contribution in [-0.4, -0.2) is 27.5 Å². The van der Waals surface area contributed by atoms with Crippen LogP contribution in [0.15, 0.2) is 24.3 Å². The number of nitrogens with two attached hydrogens (primary N) is 1. The maximum absolute atomic E-state index is 11.5. The van der Waals surface area contributed by atoms with Crippen LogP contribution in [0.5, 0.6) is 0 Å². The molecule has 0 aliphatic carbocycles. The first kappa shape index (κ1) is 13.5. The van der Waals surface area contributed by atoms with Crippen molar-refractivity contribution in [2.75, 3.05) is 0 Å². The second-order valence-electron chi connectivity index (χ2n) is 5.03. The standard InChI is InChI=1S/C14H20N4O/c1-9(2)16-12(14(15)19)8-18-10(3)17-11-6-4-5-7-13(11)18/h4-7,9,12,16H,8H2,1-3H3,(H2,15,19). The van der Waals surface area contributed by atoms with Crippen LogP contribution in [0.2, 0.25) is 0 Å². The number of aryl methyl sites for hydroxylation is 1. The van der Waals surface area contributed by atoms with Gasteiger partial charge in [-0.2, -0.15) is 0 Å². The van der Waals surface area contributed by atoms with Crippen LogP contribution < -0.4 is 11.1 Å². The van der Waals surface area contributed by atoms with E-state index in [-0.39, 0.29) is 11.9 Å². The molecular formula is C14H20N4O. The van der Waals surface area contributed by atoms with E-state index in [1.54, 1.807) is 0 Å². The number of aromatic nitrogens is 2. The highest BCUT2D eigenvalue weighted by molar-refractivity contribution is 5.80. The minimum atomic E-state index is -0.392. The highest BCUT2D eigenvalue weighted by atomic mass is 16.1. The number of amides is 1. The molecule has 1 aromatic carbocycles. The van der Waals surface area contributed by atoms with Gasteiger partial charge in [-0.1, -0.05) is 26.0 Å². The summed E-state index contributed by atoms with van der Waals surface area (Å²) in [6.45, 7) is 6.43. The van der Waals surface area contributed by atoms with Gasteiger partial charge < -0.3 is 15.6 Å². The first-order valence-corrected chi connectivity index (χ1v) is 6.46. The van der Waals surface area contributed by atoms with Gasteiger partial charge in [0.05, 0.1) is 11.0 Å². The Morgan fingerprint density at radius 1 is 1.42 bits per heavy atom. The van der Waals surface area contributed by atoms with Crippen molar-refractivity contribution in [3.05, 3.63) is 30.1 Å². The molecule has 0 bridgehead atoms. The van der Waals surface area contributed by atoms with Crippen molar-refractivity contribution < 1.29 is 4.79 Å². The SMILES string of the molecule is Cc1nc2ccccc2n1CC(NC(C)C)C(N)=O. The predicted molar refractivity (Wildman–Crippen MR) is 75.7 cm³/mol. The number of benzene rings is 1. The summed E-state index contributed by atoms with van der Waals surface area (Å²) in [5, 5.41) is 3.19. The quantitative estimate of drug-likeness (QED) is 0.848. The molecule has 5 nitrogen and oxygen atoms in total. The summed E-state index contributed by atoms with van der Waals surface area (Å²) in [4.78, 5) is 16.0. The predicted octanol–water partition coefficient (Wildman–Crippen LogP) is 1.20. The van der Waals surface area contributed by atoms with Gasteiger partial charge in [-0.05, 0) is 19.1 Å². The summed E-state index contributed by atoms with van der Waals surface area (Å²) in [6.07, 6.45) is 0. The van der Waals surface area contributed by atoms with Crippen molar-refractivity contribution in [1.29, 1.82) is 0 Å². The molecule has 0 aliphatic heterocycles. The molecular weight excluding hydrogens is 240 g/mol. The van der Waals surface area contributed by atoms with Gasteiger partial charge in [0.25, 0.3) is 0 Å². The third-order valence-electron chi connectivity index (χ3n) is 3.09. The molecule has 0 saturated carbocycles. The third kappa shape index (κ3) is 2.93. The topological polar surface area (TPSA) is 72.9 Å². The molecule has 3 N–H and O–H groups in total. The lowest BCUT2D eigenvalue weighted by Gasteiger charge is -2.19. The molecule has 1 aromatic heterocycles. The average Bonchev–Trinajstić information content (AvgIpc) is 2.64. The largest absolute Gasteiger partial charge is 0.368 e. The number of primary amides is 1. The van der Waals surface area contributed by atoms with Crippen molar-refractivity contribution in [3.8, 4) is 0 Å². The van der Waals surface area contributed by atoms with Crippen LogP contribution in [0.1, 0.15) is 19.7 Å². The van der Waals surface area contributed by atoms with Crippen LogP contribution in [-0.2, 0) is 11.3 Å². The normalized spacial score (nSPS) is 13.1. The first-order valence-electron chi connectivity index (χ1n) is 6.46. The molecule has 2 rings (SSSR count). The molecule has 0 fully saturated rings. The zero-order chi connectivity index (χ0) is 14.0. The molecule has 5 heteroatoms. The number of imidazole rings is 1. The molecule has 0 saturated heterocycles. The van der Waals surface area contributed by atoms with Gasteiger partial charge in [0.1, 0.15) is 11.9 Å². The Morgan fingerprint density at radius 2 is 2.11 bits per heavy atom. The van der Waals surface area contributed by atoms with Crippen LogP contribution in [0.25, 0.3) is 11.0 Å². The van der Waals surface area contributed by atoms with Gasteiger partial charge in [0.2, 0.25) is 5.91 Å². The average molecular weight is 260 g/mol. The highest BCUT2D eigenvalue weighted by Crippen LogP contribution is 2.15. The summed E-state index contributed by atoms with van der Waals surface area (Å²) in [7, 11) is 0. The van der Waals surface area contributed by atoms with Crippen LogP contribution >= 0.6 is 0 Å². The summed E-state index contributed by atoms with van der Waals surface area (Å²) < 4.78 is 2.03. The van der Waals surface area contributed by atoms with E-state index in [1.165, 1.54) is 0 Å². The van der Waals surface area contributed by atoms with Crippen LogP contribution in [0, 0.1) is 6.92 Å². The second-order valence-corrected chi connectivity index (χ2v) is 5.03. The van der Waals surface area contributed by atoms with E-state index in [4.69, 9.17) is 5.73 Å². The molecule has 0 spiro atoms. The zero-order valence-electron chi connectivity index (χ0n) is 11.6. The minimum Gasteiger partial charge on any atom is -0.368 e. The number of fused-ring (bicyclic) bond motifs is 1. The number of rotatable bonds is 5. The Labute approximate surface area is 112 Å². The monoisotopic (exact) mass is 260 g/mol. The number of carbonyl (C=O) groups is 1. The maximum atomic E-state index is 11.5. The van der Waals surface area contributed by atoms with Crippen molar-refractivity contribution >= 4 is 16.9 Å². The molecule has 19 heavy (non-hydrogen) atoms. The van der Waals surface area contributed by atoms with E-state index in [0.717, 1.165) is 16.9 Å². The summed E-state index contributed by atoms with van der Waals surface area (Å²) >= 11 is 0. The minimum absolute atomic E-state index is 0.201. The Kier molecular flexibility index (Phi) is 3.85. The zero-order valence-corrected chi connectivity index (χ0v) is 11.6. The van der Waals surface area contributed by atoms with E-state index in [1.807, 2.05) is 49.6 Å². The lowest BCUT2D eigenvalue weighted by atomic mass is 10.2. The van der Waals surface area contributed by atoms with Crippen LogP contribution in [0.4, 0.5) is 0 Å².